The van der Waals surface area contributed by atoms with Gasteiger partial charge < -0.3 is 10.3 Å². The fourth-order valence-corrected chi connectivity index (χ4v) is 3.18. The van der Waals surface area contributed by atoms with Crippen molar-refractivity contribution in [1.29, 1.82) is 0 Å². The molecule has 1 saturated carbocycles. The van der Waals surface area contributed by atoms with Gasteiger partial charge in [0.05, 0.1) is 0 Å². The zero-order valence-electron chi connectivity index (χ0n) is 11.5. The lowest BCUT2D eigenvalue weighted by Gasteiger charge is -2.28. The second kappa shape index (κ2) is 5.29. The van der Waals surface area contributed by atoms with Crippen molar-refractivity contribution in [2.45, 2.75) is 57.5 Å². The summed E-state index contributed by atoms with van der Waals surface area (Å²) in [6, 6.07) is 4.25. The molecule has 0 bridgehead atoms. The zero-order valence-corrected chi connectivity index (χ0v) is 11.5. The van der Waals surface area contributed by atoms with Crippen LogP contribution >= 0.6 is 0 Å². The largest absolute Gasteiger partial charge is 0.327 e. The van der Waals surface area contributed by atoms with E-state index in [1.807, 2.05) is 18.3 Å². The number of fused-ring (bicyclic) bond motifs is 1. The van der Waals surface area contributed by atoms with Crippen LogP contribution in [0.3, 0.4) is 0 Å². The summed E-state index contributed by atoms with van der Waals surface area (Å²) < 4.78 is 2.28. The number of aromatic nitrogens is 3. The second-order valence-corrected chi connectivity index (χ2v) is 5.52. The van der Waals surface area contributed by atoms with Gasteiger partial charge in [0.25, 0.3) is 0 Å². The maximum Gasteiger partial charge on any atom is 0.159 e. The average molecular weight is 258 g/mol. The van der Waals surface area contributed by atoms with Crippen molar-refractivity contribution >= 4 is 11.2 Å². The smallest absolute Gasteiger partial charge is 0.159 e. The lowest BCUT2D eigenvalue weighted by Crippen LogP contribution is -2.33. The van der Waals surface area contributed by atoms with Gasteiger partial charge in [0.1, 0.15) is 11.3 Å². The molecule has 2 aromatic heterocycles. The van der Waals surface area contributed by atoms with E-state index in [-0.39, 0.29) is 6.04 Å². The van der Waals surface area contributed by atoms with Gasteiger partial charge in [-0.2, -0.15) is 0 Å². The van der Waals surface area contributed by atoms with Gasteiger partial charge >= 0.3 is 0 Å². The summed E-state index contributed by atoms with van der Waals surface area (Å²) in [4.78, 5) is 9.33. The Kier molecular flexibility index (Phi) is 3.51. The lowest BCUT2D eigenvalue weighted by atomic mass is 9.84. The molecule has 0 radical (unpaired) electrons. The SMILES string of the molecule is CCCn1c(C2CCCCC2N)nc2cccnc21. The summed E-state index contributed by atoms with van der Waals surface area (Å²) in [5.74, 6) is 1.55. The molecule has 0 aromatic carbocycles. The summed E-state index contributed by atoms with van der Waals surface area (Å²) in [6.07, 6.45) is 7.74. The number of rotatable bonds is 3. The number of pyridine rings is 1. The van der Waals surface area contributed by atoms with Crippen molar-refractivity contribution in [1.82, 2.24) is 14.5 Å². The van der Waals surface area contributed by atoms with Crippen LogP contribution in [0, 0.1) is 0 Å². The Labute approximate surface area is 114 Å². The summed E-state index contributed by atoms with van der Waals surface area (Å²) in [5.41, 5.74) is 8.34. The molecule has 102 valence electrons. The Morgan fingerprint density at radius 3 is 3.00 bits per heavy atom. The summed E-state index contributed by atoms with van der Waals surface area (Å²) in [6.45, 7) is 3.17. The molecule has 0 spiro atoms. The third-order valence-corrected chi connectivity index (χ3v) is 4.13. The molecular formula is C15H22N4. The number of hydrogen-bond donors (Lipinski definition) is 1. The first-order valence-corrected chi connectivity index (χ1v) is 7.38. The van der Waals surface area contributed by atoms with E-state index in [4.69, 9.17) is 10.7 Å². The molecule has 2 unspecified atom stereocenters. The van der Waals surface area contributed by atoms with E-state index in [1.54, 1.807) is 0 Å². The van der Waals surface area contributed by atoms with Gasteiger partial charge in [0.15, 0.2) is 5.65 Å². The molecule has 1 aliphatic rings. The summed E-state index contributed by atoms with van der Waals surface area (Å²) in [5, 5.41) is 0. The molecule has 19 heavy (non-hydrogen) atoms. The average Bonchev–Trinajstić information content (AvgIpc) is 2.79. The van der Waals surface area contributed by atoms with Crippen LogP contribution in [-0.2, 0) is 6.54 Å². The first-order valence-electron chi connectivity index (χ1n) is 7.38. The highest BCUT2D eigenvalue weighted by molar-refractivity contribution is 5.71. The van der Waals surface area contributed by atoms with Crippen LogP contribution in [0.25, 0.3) is 11.2 Å². The van der Waals surface area contributed by atoms with Gasteiger partial charge in [-0.1, -0.05) is 19.8 Å². The van der Waals surface area contributed by atoms with Crippen LogP contribution in [0.4, 0.5) is 0 Å². The molecule has 4 nitrogen and oxygen atoms in total. The Morgan fingerprint density at radius 2 is 2.21 bits per heavy atom. The van der Waals surface area contributed by atoms with E-state index in [9.17, 15) is 0 Å². The summed E-state index contributed by atoms with van der Waals surface area (Å²) >= 11 is 0. The van der Waals surface area contributed by atoms with Crippen LogP contribution in [0.2, 0.25) is 0 Å². The molecule has 2 aromatic rings. The van der Waals surface area contributed by atoms with Gasteiger partial charge in [0, 0.05) is 24.7 Å². The second-order valence-electron chi connectivity index (χ2n) is 5.52. The van der Waals surface area contributed by atoms with Crippen molar-refractivity contribution in [3.8, 4) is 0 Å². The van der Waals surface area contributed by atoms with Crippen LogP contribution in [-0.4, -0.2) is 20.6 Å². The maximum absolute atomic E-state index is 6.32. The topological polar surface area (TPSA) is 56.7 Å². The molecule has 3 rings (SSSR count). The predicted octanol–water partition coefficient (Wildman–Crippen LogP) is 2.83. The highest BCUT2D eigenvalue weighted by Gasteiger charge is 2.28. The maximum atomic E-state index is 6.32. The van der Waals surface area contributed by atoms with Gasteiger partial charge in [-0.3, -0.25) is 0 Å². The molecule has 2 heterocycles. The zero-order chi connectivity index (χ0) is 13.2. The summed E-state index contributed by atoms with van der Waals surface area (Å²) in [7, 11) is 0. The van der Waals surface area contributed by atoms with Crippen LogP contribution in [0.5, 0.6) is 0 Å². The van der Waals surface area contributed by atoms with Crippen molar-refractivity contribution < 1.29 is 0 Å². The number of nitrogens with zero attached hydrogens (tertiary/aromatic N) is 3. The monoisotopic (exact) mass is 258 g/mol. The first-order chi connectivity index (χ1) is 9.31. The minimum Gasteiger partial charge on any atom is -0.327 e. The lowest BCUT2D eigenvalue weighted by molar-refractivity contribution is 0.364. The first kappa shape index (κ1) is 12.6. The van der Waals surface area contributed by atoms with Gasteiger partial charge in [0.2, 0.25) is 0 Å². The number of hydrogen-bond acceptors (Lipinski definition) is 3. The molecule has 2 atom stereocenters. The Bertz CT molecular complexity index is 560. The van der Waals surface area contributed by atoms with Crippen molar-refractivity contribution in [3.05, 3.63) is 24.2 Å². The van der Waals surface area contributed by atoms with Crippen molar-refractivity contribution in [2.24, 2.45) is 5.73 Å². The van der Waals surface area contributed by atoms with E-state index in [2.05, 4.69) is 16.5 Å². The minimum absolute atomic E-state index is 0.251. The van der Waals surface area contributed by atoms with E-state index < -0.39 is 0 Å². The number of aryl methyl sites for hydroxylation is 1. The van der Waals surface area contributed by atoms with Gasteiger partial charge in [-0.15, -0.1) is 0 Å². The Balaban J connectivity index is 2.08. The van der Waals surface area contributed by atoms with Crippen LogP contribution < -0.4 is 5.73 Å². The molecular weight excluding hydrogens is 236 g/mol. The highest BCUT2D eigenvalue weighted by Crippen LogP contribution is 2.33. The van der Waals surface area contributed by atoms with E-state index in [0.717, 1.165) is 42.8 Å². The quantitative estimate of drug-likeness (QED) is 0.921. The van der Waals surface area contributed by atoms with E-state index >= 15 is 0 Å². The minimum atomic E-state index is 0.251. The number of nitrogens with two attached hydrogens (primary N) is 1. The molecule has 0 amide bonds. The van der Waals surface area contributed by atoms with Crippen LogP contribution in [0.15, 0.2) is 18.3 Å². The fraction of sp³-hybridized carbons (Fsp3) is 0.600. The third-order valence-electron chi connectivity index (χ3n) is 4.13. The molecule has 0 saturated heterocycles. The van der Waals surface area contributed by atoms with Crippen molar-refractivity contribution in [2.75, 3.05) is 0 Å². The molecule has 1 aliphatic carbocycles. The molecule has 2 N–H and O–H groups in total. The number of imidazole rings is 1. The van der Waals surface area contributed by atoms with Crippen molar-refractivity contribution in [3.63, 3.8) is 0 Å². The predicted molar refractivity (Wildman–Crippen MR) is 77.0 cm³/mol. The molecule has 4 heteroatoms. The fourth-order valence-electron chi connectivity index (χ4n) is 3.18. The van der Waals surface area contributed by atoms with Crippen LogP contribution in [0.1, 0.15) is 50.8 Å². The Morgan fingerprint density at radius 1 is 1.37 bits per heavy atom. The van der Waals surface area contributed by atoms with Gasteiger partial charge in [-0.25, -0.2) is 9.97 Å². The highest BCUT2D eigenvalue weighted by atomic mass is 15.1. The normalized spacial score (nSPS) is 23.9. The standard InChI is InChI=1S/C15H22N4/c1-2-10-19-14(11-6-3-4-7-12(11)16)18-13-8-5-9-17-15(13)19/h5,8-9,11-12H,2-4,6-7,10,16H2,1H3. The Hall–Kier alpha value is -1.42. The molecule has 1 fully saturated rings. The van der Waals surface area contributed by atoms with E-state index in [0.29, 0.717) is 5.92 Å². The molecule has 0 aliphatic heterocycles. The third kappa shape index (κ3) is 2.25. The van der Waals surface area contributed by atoms with Gasteiger partial charge in [-0.05, 0) is 31.4 Å². The van der Waals surface area contributed by atoms with E-state index in [1.165, 1.54) is 12.8 Å².